The smallest absolute Gasteiger partial charge is 0.261 e. The van der Waals surface area contributed by atoms with Crippen LogP contribution in [0.2, 0.25) is 4.34 Å². The second-order valence-electron chi connectivity index (χ2n) is 5.92. The van der Waals surface area contributed by atoms with Crippen LogP contribution in [0.1, 0.15) is 16.1 Å². The normalized spacial score (nSPS) is 14.1. The highest BCUT2D eigenvalue weighted by atomic mass is 35.5. The van der Waals surface area contributed by atoms with Gasteiger partial charge < -0.3 is 20.3 Å². The number of morpholine rings is 1. The van der Waals surface area contributed by atoms with E-state index in [1.54, 1.807) is 18.2 Å². The molecular formula is C18H17ClFN3O4S. The third kappa shape index (κ3) is 5.06. The number of benzene rings is 1. The zero-order chi connectivity index (χ0) is 20.1. The van der Waals surface area contributed by atoms with Crippen LogP contribution in [0, 0.1) is 5.82 Å². The fourth-order valence-electron chi connectivity index (χ4n) is 2.59. The maximum Gasteiger partial charge on any atom is 0.261 e. The van der Waals surface area contributed by atoms with Crippen LogP contribution in [-0.2, 0) is 14.3 Å². The first-order valence-corrected chi connectivity index (χ1v) is 9.64. The molecule has 28 heavy (non-hydrogen) atoms. The summed E-state index contributed by atoms with van der Waals surface area (Å²) in [7, 11) is 0. The largest absolute Gasteiger partial charge is 0.370 e. The van der Waals surface area contributed by atoms with Crippen molar-refractivity contribution in [3.8, 4) is 0 Å². The number of carbonyl (C=O) groups is 3. The number of carbonyl (C=O) groups excluding carboxylic acids is 3. The number of amides is 3. The maximum atomic E-state index is 14.3. The lowest BCUT2D eigenvalue weighted by molar-refractivity contribution is -0.125. The summed E-state index contributed by atoms with van der Waals surface area (Å²) in [5.74, 6) is -1.67. The average molecular weight is 426 g/mol. The van der Waals surface area contributed by atoms with Crippen molar-refractivity contribution in [1.82, 2.24) is 5.32 Å². The quantitative estimate of drug-likeness (QED) is 0.744. The fraction of sp³-hybridized carbons (Fsp3) is 0.278. The first-order chi connectivity index (χ1) is 13.4. The minimum absolute atomic E-state index is 0.00539. The Kier molecular flexibility index (Phi) is 6.61. The van der Waals surface area contributed by atoms with Crippen molar-refractivity contribution in [3.05, 3.63) is 45.4 Å². The third-order valence-electron chi connectivity index (χ3n) is 3.96. The zero-order valence-corrected chi connectivity index (χ0v) is 16.2. The van der Waals surface area contributed by atoms with Crippen molar-refractivity contribution in [2.75, 3.05) is 36.5 Å². The first kappa shape index (κ1) is 20.2. The Morgan fingerprint density at radius 3 is 2.79 bits per heavy atom. The Balaban J connectivity index is 1.51. The van der Waals surface area contributed by atoms with Gasteiger partial charge in [-0.25, -0.2) is 4.39 Å². The highest BCUT2D eigenvalue weighted by molar-refractivity contribution is 7.17. The summed E-state index contributed by atoms with van der Waals surface area (Å²) in [5, 5.41) is 5.06. The first-order valence-electron chi connectivity index (χ1n) is 8.45. The van der Waals surface area contributed by atoms with Crippen LogP contribution in [0.15, 0.2) is 30.3 Å². The lowest BCUT2D eigenvalue weighted by Gasteiger charge is -2.27. The van der Waals surface area contributed by atoms with Gasteiger partial charge in [-0.2, -0.15) is 0 Å². The van der Waals surface area contributed by atoms with Gasteiger partial charge in [0.2, 0.25) is 5.91 Å². The van der Waals surface area contributed by atoms with E-state index in [1.807, 2.05) is 0 Å². The van der Waals surface area contributed by atoms with E-state index in [2.05, 4.69) is 10.6 Å². The SMILES string of the molecule is O=C(CCNC(=O)c1ccc(Cl)s1)Nc1ccc(N2CCOCC2=O)cc1F. The number of thiophene rings is 1. The number of hydrogen-bond acceptors (Lipinski definition) is 5. The standard InChI is InChI=1S/C18H17ClFN3O4S/c19-15-4-3-14(28-15)18(26)21-6-5-16(24)22-13-2-1-11(9-12(13)20)23-7-8-27-10-17(23)25/h1-4,9H,5-8,10H2,(H,21,26)(H,22,24). The predicted molar refractivity (Wildman–Crippen MR) is 104 cm³/mol. The topological polar surface area (TPSA) is 87.7 Å². The molecule has 0 bridgehead atoms. The summed E-state index contributed by atoms with van der Waals surface area (Å²) in [5.41, 5.74) is 0.413. The summed E-state index contributed by atoms with van der Waals surface area (Å²) in [6, 6.07) is 7.37. The number of nitrogens with zero attached hydrogens (tertiary/aromatic N) is 1. The Morgan fingerprint density at radius 2 is 2.11 bits per heavy atom. The summed E-state index contributed by atoms with van der Waals surface area (Å²) < 4.78 is 19.8. The second-order valence-corrected chi connectivity index (χ2v) is 7.64. The van der Waals surface area contributed by atoms with Crippen molar-refractivity contribution in [1.29, 1.82) is 0 Å². The molecule has 10 heteroatoms. The van der Waals surface area contributed by atoms with Crippen molar-refractivity contribution >= 4 is 52.0 Å². The van der Waals surface area contributed by atoms with Gasteiger partial charge in [0.05, 0.1) is 21.5 Å². The zero-order valence-electron chi connectivity index (χ0n) is 14.7. The van der Waals surface area contributed by atoms with E-state index in [-0.39, 0.29) is 37.1 Å². The number of ether oxygens (including phenoxy) is 1. The van der Waals surface area contributed by atoms with Crippen molar-refractivity contribution in [2.45, 2.75) is 6.42 Å². The summed E-state index contributed by atoms with van der Waals surface area (Å²) in [4.78, 5) is 37.6. The van der Waals surface area contributed by atoms with E-state index < -0.39 is 11.7 Å². The highest BCUT2D eigenvalue weighted by Gasteiger charge is 2.21. The van der Waals surface area contributed by atoms with Crippen LogP contribution < -0.4 is 15.5 Å². The molecule has 1 aliphatic rings. The van der Waals surface area contributed by atoms with Gasteiger partial charge in [-0.05, 0) is 30.3 Å². The van der Waals surface area contributed by atoms with E-state index in [9.17, 15) is 18.8 Å². The molecule has 0 unspecified atom stereocenters. The Labute approximate surface area is 169 Å². The molecule has 2 aromatic rings. The molecule has 0 saturated carbocycles. The van der Waals surface area contributed by atoms with Gasteiger partial charge in [0, 0.05) is 25.2 Å². The van der Waals surface area contributed by atoms with Crippen LogP contribution in [0.3, 0.4) is 0 Å². The highest BCUT2D eigenvalue weighted by Crippen LogP contribution is 2.23. The summed E-state index contributed by atoms with van der Waals surface area (Å²) >= 11 is 6.91. The lowest BCUT2D eigenvalue weighted by atomic mass is 10.2. The van der Waals surface area contributed by atoms with Crippen LogP contribution >= 0.6 is 22.9 Å². The molecule has 3 amide bonds. The maximum absolute atomic E-state index is 14.3. The average Bonchev–Trinajstić information content (AvgIpc) is 3.10. The van der Waals surface area contributed by atoms with E-state index in [4.69, 9.17) is 16.3 Å². The molecule has 1 aromatic carbocycles. The van der Waals surface area contributed by atoms with Crippen LogP contribution in [0.25, 0.3) is 0 Å². The molecular weight excluding hydrogens is 409 g/mol. The molecule has 2 N–H and O–H groups in total. The number of halogens is 2. The van der Waals surface area contributed by atoms with E-state index >= 15 is 0 Å². The van der Waals surface area contributed by atoms with Gasteiger partial charge in [0.15, 0.2) is 0 Å². The van der Waals surface area contributed by atoms with Crippen molar-refractivity contribution in [3.63, 3.8) is 0 Å². The van der Waals surface area contributed by atoms with Gasteiger partial charge in [-0.15, -0.1) is 11.3 Å². The molecule has 7 nitrogen and oxygen atoms in total. The molecule has 1 aliphatic heterocycles. The molecule has 148 valence electrons. The lowest BCUT2D eigenvalue weighted by Crippen LogP contribution is -2.41. The van der Waals surface area contributed by atoms with E-state index in [1.165, 1.54) is 17.0 Å². The number of rotatable bonds is 6. The molecule has 3 rings (SSSR count). The molecule has 1 fully saturated rings. The van der Waals surface area contributed by atoms with E-state index in [0.717, 1.165) is 11.3 Å². The molecule has 1 saturated heterocycles. The summed E-state index contributed by atoms with van der Waals surface area (Å²) in [6.45, 7) is 0.792. The van der Waals surface area contributed by atoms with Gasteiger partial charge in [-0.1, -0.05) is 11.6 Å². The van der Waals surface area contributed by atoms with Crippen LogP contribution in [-0.4, -0.2) is 44.0 Å². The molecule has 0 aliphatic carbocycles. The van der Waals surface area contributed by atoms with Gasteiger partial charge in [-0.3, -0.25) is 14.4 Å². The van der Waals surface area contributed by atoms with Crippen molar-refractivity contribution < 1.29 is 23.5 Å². The fourth-order valence-corrected chi connectivity index (χ4v) is 3.55. The van der Waals surface area contributed by atoms with E-state index in [0.29, 0.717) is 28.1 Å². The molecule has 0 spiro atoms. The van der Waals surface area contributed by atoms with Gasteiger partial charge in [0.1, 0.15) is 12.4 Å². The van der Waals surface area contributed by atoms with Crippen LogP contribution in [0.4, 0.5) is 15.8 Å². The molecule has 1 aromatic heterocycles. The molecule has 2 heterocycles. The Morgan fingerprint density at radius 1 is 1.29 bits per heavy atom. The molecule has 0 atom stereocenters. The number of anilines is 2. The monoisotopic (exact) mass is 425 g/mol. The van der Waals surface area contributed by atoms with Crippen LogP contribution in [0.5, 0.6) is 0 Å². The summed E-state index contributed by atoms with van der Waals surface area (Å²) in [6.07, 6.45) is -0.0199. The van der Waals surface area contributed by atoms with Gasteiger partial charge >= 0.3 is 0 Å². The Hall–Kier alpha value is -2.49. The minimum atomic E-state index is -0.651. The van der Waals surface area contributed by atoms with Crippen molar-refractivity contribution in [2.24, 2.45) is 0 Å². The van der Waals surface area contributed by atoms with Gasteiger partial charge in [0.25, 0.3) is 11.8 Å². The molecule has 0 radical (unpaired) electrons. The number of nitrogens with one attached hydrogen (secondary N) is 2. The Bertz CT molecular complexity index is 905. The third-order valence-corrected chi connectivity index (χ3v) is 5.19. The number of hydrogen-bond donors (Lipinski definition) is 2. The predicted octanol–water partition coefficient (Wildman–Crippen LogP) is 2.66. The second kappa shape index (κ2) is 9.13. The minimum Gasteiger partial charge on any atom is -0.370 e.